The van der Waals surface area contributed by atoms with Gasteiger partial charge >= 0.3 is 0 Å². The molecule has 3 heteroatoms. The average Bonchev–Trinajstić information content (AvgIpc) is 2.26. The van der Waals surface area contributed by atoms with Crippen LogP contribution in [-0.2, 0) is 4.43 Å². The van der Waals surface area contributed by atoms with Crippen LogP contribution >= 0.6 is 15.9 Å². The fourth-order valence-corrected chi connectivity index (χ4v) is 2.84. The van der Waals surface area contributed by atoms with Gasteiger partial charge in [-0.2, -0.15) is 0 Å². The van der Waals surface area contributed by atoms with Crippen molar-refractivity contribution in [3.8, 4) is 0 Å². The van der Waals surface area contributed by atoms with E-state index in [0.29, 0.717) is 5.04 Å². The van der Waals surface area contributed by atoms with Crippen molar-refractivity contribution in [2.45, 2.75) is 72.0 Å². The number of hydrogen-bond acceptors (Lipinski definition) is 1. The fourth-order valence-electron chi connectivity index (χ4n) is 1.54. The number of halogens is 1. The molecule has 0 rings (SSSR count). The van der Waals surface area contributed by atoms with E-state index in [1.165, 1.54) is 24.8 Å². The van der Waals surface area contributed by atoms with Gasteiger partial charge < -0.3 is 4.43 Å². The minimum absolute atomic E-state index is 0.325. The highest BCUT2D eigenvalue weighted by Gasteiger charge is 2.36. The molecule has 0 heterocycles. The van der Waals surface area contributed by atoms with E-state index in [9.17, 15) is 0 Å². The Morgan fingerprint density at radius 1 is 1.26 bits per heavy atom. The first-order valence-electron chi connectivity index (χ1n) is 7.45. The predicted molar refractivity (Wildman–Crippen MR) is 93.7 cm³/mol. The molecule has 0 spiro atoms. The quantitative estimate of drug-likeness (QED) is 0.290. The highest BCUT2D eigenvalue weighted by molar-refractivity contribution is 9.09. The van der Waals surface area contributed by atoms with Gasteiger partial charge in [0.15, 0.2) is 8.32 Å². The molecule has 0 aliphatic heterocycles. The molecule has 0 aliphatic carbocycles. The molecule has 19 heavy (non-hydrogen) atoms. The second-order valence-electron chi connectivity index (χ2n) is 7.26. The molecule has 0 aromatic heterocycles. The smallest absolute Gasteiger partial charge is 0.191 e. The van der Waals surface area contributed by atoms with Crippen molar-refractivity contribution in [2.24, 2.45) is 5.92 Å². The first kappa shape index (κ1) is 19.4. The van der Waals surface area contributed by atoms with Crippen molar-refractivity contribution >= 4 is 24.2 Å². The van der Waals surface area contributed by atoms with Gasteiger partial charge in [-0.15, -0.1) is 0 Å². The molecule has 0 radical (unpaired) electrons. The van der Waals surface area contributed by atoms with Crippen LogP contribution in [0.3, 0.4) is 0 Å². The molecule has 114 valence electrons. The second-order valence-corrected chi connectivity index (χ2v) is 12.6. The Hall–Kier alpha value is 0.397. The van der Waals surface area contributed by atoms with Crippen molar-refractivity contribution in [3.05, 3.63) is 11.6 Å². The summed E-state index contributed by atoms with van der Waals surface area (Å²) in [6, 6.07) is 0. The number of rotatable bonds is 8. The molecule has 0 amide bonds. The van der Waals surface area contributed by atoms with Crippen molar-refractivity contribution < 1.29 is 4.43 Å². The first-order chi connectivity index (χ1) is 8.60. The Balaban J connectivity index is 3.90. The third-order valence-electron chi connectivity index (χ3n) is 4.24. The van der Waals surface area contributed by atoms with Gasteiger partial charge in [0.1, 0.15) is 0 Å². The van der Waals surface area contributed by atoms with Crippen LogP contribution in [0.25, 0.3) is 0 Å². The molecular weight excluding hydrogens is 316 g/mol. The molecule has 1 atom stereocenters. The van der Waals surface area contributed by atoms with E-state index in [2.05, 4.69) is 69.7 Å². The first-order valence-corrected chi connectivity index (χ1v) is 11.5. The summed E-state index contributed by atoms with van der Waals surface area (Å²) < 4.78 is 6.23. The summed E-state index contributed by atoms with van der Waals surface area (Å²) in [4.78, 5) is 0. The fraction of sp³-hybridized carbons (Fsp3) is 0.875. The van der Waals surface area contributed by atoms with Gasteiger partial charge in [0.2, 0.25) is 0 Å². The average molecular weight is 349 g/mol. The Morgan fingerprint density at radius 2 is 1.84 bits per heavy atom. The van der Waals surface area contributed by atoms with E-state index >= 15 is 0 Å². The summed E-state index contributed by atoms with van der Waals surface area (Å²) in [6.45, 7) is 17.0. The van der Waals surface area contributed by atoms with Crippen molar-refractivity contribution in [3.63, 3.8) is 0 Å². The Labute approximate surface area is 130 Å². The van der Waals surface area contributed by atoms with Gasteiger partial charge in [-0.3, -0.25) is 0 Å². The van der Waals surface area contributed by atoms with Gasteiger partial charge in [-0.05, 0) is 50.2 Å². The monoisotopic (exact) mass is 348 g/mol. The molecule has 0 aliphatic rings. The molecule has 1 unspecified atom stereocenters. The molecular formula is C16H33BrOSi. The summed E-state index contributed by atoms with van der Waals surface area (Å²) in [5, 5.41) is 1.32. The van der Waals surface area contributed by atoms with E-state index < -0.39 is 8.32 Å². The second kappa shape index (κ2) is 8.63. The summed E-state index contributed by atoms with van der Waals surface area (Å²) in [5.74, 6) is 0.754. The maximum Gasteiger partial charge on any atom is 0.191 e. The van der Waals surface area contributed by atoms with Crippen LogP contribution in [0.5, 0.6) is 0 Å². The van der Waals surface area contributed by atoms with Gasteiger partial charge in [-0.25, -0.2) is 0 Å². The van der Waals surface area contributed by atoms with Crippen LogP contribution in [0.1, 0.15) is 53.9 Å². The van der Waals surface area contributed by atoms with Crippen molar-refractivity contribution in [1.29, 1.82) is 0 Å². The molecule has 1 nitrogen and oxygen atoms in total. The van der Waals surface area contributed by atoms with Gasteiger partial charge in [0.05, 0.1) is 0 Å². The van der Waals surface area contributed by atoms with Crippen LogP contribution < -0.4 is 0 Å². The lowest BCUT2D eigenvalue weighted by molar-refractivity contribution is 0.257. The standard InChI is InChI=1S/C16H33BrOSi/c1-14(9-8-10-15(2)13-17)11-12-18-19(6,7)16(3,4)5/h10,14H,8-9,11-13H2,1-7H3/b15-10-. The Kier molecular flexibility index (Phi) is 8.81. The van der Waals surface area contributed by atoms with Crippen LogP contribution in [0.4, 0.5) is 0 Å². The van der Waals surface area contributed by atoms with Crippen LogP contribution in [0.2, 0.25) is 18.1 Å². The van der Waals surface area contributed by atoms with Crippen molar-refractivity contribution in [1.82, 2.24) is 0 Å². The lowest BCUT2D eigenvalue weighted by Crippen LogP contribution is -2.41. The number of alkyl halides is 1. The Bertz CT molecular complexity index is 279. The van der Waals surface area contributed by atoms with E-state index in [0.717, 1.165) is 17.9 Å². The molecule has 0 aromatic rings. The molecule has 0 saturated carbocycles. The molecule has 0 N–H and O–H groups in total. The summed E-state index contributed by atoms with van der Waals surface area (Å²) in [6.07, 6.45) is 6.00. The number of hydrogen-bond donors (Lipinski definition) is 0. The molecule has 0 bridgehead atoms. The summed E-state index contributed by atoms with van der Waals surface area (Å²) in [5.41, 5.74) is 1.43. The van der Waals surface area contributed by atoms with E-state index in [4.69, 9.17) is 4.43 Å². The van der Waals surface area contributed by atoms with Crippen LogP contribution in [-0.4, -0.2) is 20.3 Å². The van der Waals surface area contributed by atoms with E-state index in [1.807, 2.05) is 0 Å². The van der Waals surface area contributed by atoms with Crippen LogP contribution in [0.15, 0.2) is 11.6 Å². The minimum Gasteiger partial charge on any atom is -0.417 e. The summed E-state index contributed by atoms with van der Waals surface area (Å²) in [7, 11) is -1.54. The third kappa shape index (κ3) is 8.31. The van der Waals surface area contributed by atoms with Crippen LogP contribution in [0, 0.1) is 5.92 Å². The Morgan fingerprint density at radius 3 is 2.32 bits per heavy atom. The van der Waals surface area contributed by atoms with E-state index in [-0.39, 0.29) is 0 Å². The zero-order chi connectivity index (χ0) is 15.1. The maximum atomic E-state index is 6.23. The van der Waals surface area contributed by atoms with E-state index in [1.54, 1.807) is 0 Å². The predicted octanol–water partition coefficient (Wildman–Crippen LogP) is 6.16. The third-order valence-corrected chi connectivity index (χ3v) is 9.67. The zero-order valence-electron chi connectivity index (χ0n) is 14.0. The molecule has 0 saturated heterocycles. The van der Waals surface area contributed by atoms with Gasteiger partial charge in [-0.1, -0.05) is 55.3 Å². The normalized spacial score (nSPS) is 15.7. The van der Waals surface area contributed by atoms with Gasteiger partial charge in [0.25, 0.3) is 0 Å². The topological polar surface area (TPSA) is 9.23 Å². The highest BCUT2D eigenvalue weighted by Crippen LogP contribution is 2.36. The zero-order valence-corrected chi connectivity index (χ0v) is 16.6. The van der Waals surface area contributed by atoms with Crippen molar-refractivity contribution in [2.75, 3.05) is 11.9 Å². The minimum atomic E-state index is -1.54. The highest BCUT2D eigenvalue weighted by atomic mass is 79.9. The SMILES string of the molecule is C/C(=C/CCC(C)CCO[Si](C)(C)C(C)(C)C)CBr. The largest absolute Gasteiger partial charge is 0.417 e. The summed E-state index contributed by atoms with van der Waals surface area (Å²) >= 11 is 3.48. The number of allylic oxidation sites excluding steroid dienone is 2. The maximum absolute atomic E-state index is 6.23. The van der Waals surface area contributed by atoms with Gasteiger partial charge in [0, 0.05) is 11.9 Å². The lowest BCUT2D eigenvalue weighted by atomic mass is 10.0. The lowest BCUT2D eigenvalue weighted by Gasteiger charge is -2.36. The molecule has 0 aromatic carbocycles. The molecule has 0 fully saturated rings.